The van der Waals surface area contributed by atoms with E-state index in [9.17, 15) is 0 Å². The second-order valence-corrected chi connectivity index (χ2v) is 13.9. The van der Waals surface area contributed by atoms with Crippen LogP contribution in [0.4, 0.5) is 0 Å². The van der Waals surface area contributed by atoms with E-state index in [1.165, 1.54) is 44.6 Å². The van der Waals surface area contributed by atoms with Crippen molar-refractivity contribution in [3.8, 4) is 0 Å². The lowest BCUT2D eigenvalue weighted by molar-refractivity contribution is -0.164. The fourth-order valence-electron chi connectivity index (χ4n) is 4.71. The van der Waals surface area contributed by atoms with Gasteiger partial charge in [-0.15, -0.1) is 0 Å². The second-order valence-electron chi connectivity index (χ2n) is 7.38. The van der Waals surface area contributed by atoms with Gasteiger partial charge in [-0.05, 0) is 51.5 Å². The summed E-state index contributed by atoms with van der Waals surface area (Å²) < 4.78 is 13.3. The monoisotopic (exact) mass is 329 g/mol. The average Bonchev–Trinajstić information content (AvgIpc) is 2.53. The highest BCUT2D eigenvalue weighted by Gasteiger charge is 2.58. The summed E-state index contributed by atoms with van der Waals surface area (Å²) in [4.78, 5) is 0. The van der Waals surface area contributed by atoms with Gasteiger partial charge in [-0.1, -0.05) is 25.7 Å². The summed E-state index contributed by atoms with van der Waals surface area (Å²) in [5.41, 5.74) is 5.78. The molecule has 0 aromatic heterocycles. The van der Waals surface area contributed by atoms with E-state index in [0.717, 1.165) is 26.2 Å². The number of ether oxygens (including phenoxy) is 2. The van der Waals surface area contributed by atoms with Gasteiger partial charge in [0.25, 0.3) is 0 Å². The zero-order valence-corrected chi connectivity index (χ0v) is 16.6. The molecular formula is C16H35NO2Si2. The second kappa shape index (κ2) is 7.73. The molecule has 0 aromatic carbocycles. The van der Waals surface area contributed by atoms with Gasteiger partial charge < -0.3 is 15.2 Å². The van der Waals surface area contributed by atoms with Crippen molar-refractivity contribution in [3.63, 3.8) is 0 Å². The molecule has 0 amide bonds. The fourth-order valence-corrected chi connectivity index (χ4v) is 12.5. The Morgan fingerprint density at radius 2 is 1.48 bits per heavy atom. The Bertz CT molecular complexity index is 313. The van der Waals surface area contributed by atoms with Crippen molar-refractivity contribution < 1.29 is 9.47 Å². The van der Waals surface area contributed by atoms with Crippen molar-refractivity contribution in [2.75, 3.05) is 19.8 Å². The van der Waals surface area contributed by atoms with Crippen molar-refractivity contribution in [1.29, 1.82) is 0 Å². The summed E-state index contributed by atoms with van der Waals surface area (Å²) in [6.45, 7) is 10.2. The molecule has 2 aliphatic rings. The first-order valence-corrected chi connectivity index (χ1v) is 14.5. The molecule has 5 heteroatoms. The first-order chi connectivity index (χ1) is 10.1. The van der Waals surface area contributed by atoms with E-state index in [-0.39, 0.29) is 10.4 Å². The van der Waals surface area contributed by atoms with Crippen LogP contribution in [0.2, 0.25) is 25.7 Å². The van der Waals surface area contributed by atoms with Crippen LogP contribution in [0.5, 0.6) is 0 Å². The van der Waals surface area contributed by atoms with Gasteiger partial charge in [-0.2, -0.15) is 0 Å². The van der Waals surface area contributed by atoms with Crippen LogP contribution >= 0.6 is 0 Å². The Hall–Kier alpha value is 0.314. The average molecular weight is 330 g/mol. The molecule has 0 radical (unpaired) electrons. The topological polar surface area (TPSA) is 44.5 Å². The van der Waals surface area contributed by atoms with Gasteiger partial charge in [0.2, 0.25) is 0 Å². The third-order valence-electron chi connectivity index (χ3n) is 5.89. The van der Waals surface area contributed by atoms with Crippen LogP contribution in [0.1, 0.15) is 44.9 Å². The van der Waals surface area contributed by atoms with Crippen molar-refractivity contribution in [2.45, 2.75) is 81.1 Å². The molecule has 3 unspecified atom stereocenters. The minimum atomic E-state index is -1.03. The summed E-state index contributed by atoms with van der Waals surface area (Å²) in [6, 6.07) is 1.31. The lowest BCUT2D eigenvalue weighted by Gasteiger charge is -2.58. The Balaban J connectivity index is 2.31. The van der Waals surface area contributed by atoms with Gasteiger partial charge in [0, 0.05) is 13.2 Å². The van der Waals surface area contributed by atoms with E-state index < -0.39 is 17.6 Å². The van der Waals surface area contributed by atoms with Gasteiger partial charge in [0.05, 0.1) is 28.0 Å². The molecule has 0 aromatic rings. The molecule has 2 N–H and O–H groups in total. The van der Waals surface area contributed by atoms with E-state index in [0.29, 0.717) is 0 Å². The van der Waals surface area contributed by atoms with E-state index in [4.69, 9.17) is 15.2 Å². The van der Waals surface area contributed by atoms with E-state index >= 15 is 0 Å². The number of hydrogen-bond acceptors (Lipinski definition) is 3. The van der Waals surface area contributed by atoms with E-state index in [2.05, 4.69) is 19.6 Å². The largest absolute Gasteiger partial charge is 0.376 e. The minimum Gasteiger partial charge on any atom is -0.376 e. The number of hydrogen-bond donors (Lipinski definition) is 1. The molecular weight excluding hydrogens is 294 g/mol. The van der Waals surface area contributed by atoms with Crippen LogP contribution < -0.4 is 5.73 Å². The van der Waals surface area contributed by atoms with Crippen LogP contribution in [0.25, 0.3) is 0 Å². The highest BCUT2D eigenvalue weighted by Crippen LogP contribution is 2.47. The van der Waals surface area contributed by atoms with Crippen LogP contribution in [-0.4, -0.2) is 47.8 Å². The molecule has 2 fully saturated rings. The molecule has 124 valence electrons. The van der Waals surface area contributed by atoms with Crippen LogP contribution in [0.3, 0.4) is 0 Å². The van der Waals surface area contributed by atoms with Gasteiger partial charge >= 0.3 is 0 Å². The Morgan fingerprint density at radius 1 is 0.905 bits per heavy atom. The molecule has 2 aliphatic heterocycles. The minimum absolute atomic E-state index is 0.0984. The molecule has 3 atom stereocenters. The Labute approximate surface area is 134 Å². The quantitative estimate of drug-likeness (QED) is 0.762. The van der Waals surface area contributed by atoms with Gasteiger partial charge in [-0.3, -0.25) is 0 Å². The SMILES string of the molecule is C[SiH](C)C1(C2([SiH](C)CCCN)CCCCO2)CCCCO1. The van der Waals surface area contributed by atoms with E-state index in [1.807, 2.05) is 0 Å². The predicted octanol–water partition coefficient (Wildman–Crippen LogP) is 2.64. The highest BCUT2D eigenvalue weighted by atomic mass is 28.3. The first-order valence-electron chi connectivity index (χ1n) is 9.07. The van der Waals surface area contributed by atoms with Crippen LogP contribution in [0, 0.1) is 0 Å². The van der Waals surface area contributed by atoms with Gasteiger partial charge in [0.15, 0.2) is 0 Å². The highest BCUT2D eigenvalue weighted by molar-refractivity contribution is 6.67. The molecule has 2 saturated heterocycles. The summed E-state index contributed by atoms with van der Waals surface area (Å²) in [5.74, 6) is 0. The third-order valence-corrected chi connectivity index (χ3v) is 12.8. The molecule has 0 saturated carbocycles. The fraction of sp³-hybridized carbons (Fsp3) is 1.00. The van der Waals surface area contributed by atoms with Crippen molar-refractivity contribution >= 4 is 17.6 Å². The molecule has 0 aliphatic carbocycles. The predicted molar refractivity (Wildman–Crippen MR) is 95.4 cm³/mol. The van der Waals surface area contributed by atoms with E-state index in [1.54, 1.807) is 0 Å². The number of rotatable bonds is 6. The first kappa shape index (κ1) is 17.7. The van der Waals surface area contributed by atoms with Gasteiger partial charge in [-0.25, -0.2) is 0 Å². The van der Waals surface area contributed by atoms with Crippen LogP contribution in [0.15, 0.2) is 0 Å². The molecule has 21 heavy (non-hydrogen) atoms. The zero-order chi connectivity index (χ0) is 15.3. The van der Waals surface area contributed by atoms with Crippen molar-refractivity contribution in [1.82, 2.24) is 0 Å². The maximum atomic E-state index is 6.66. The van der Waals surface area contributed by atoms with Crippen molar-refractivity contribution in [3.05, 3.63) is 0 Å². The lowest BCUT2D eigenvalue weighted by Crippen LogP contribution is -2.71. The molecule has 2 rings (SSSR count). The Kier molecular flexibility index (Phi) is 6.50. The molecule has 2 heterocycles. The standard InChI is InChI=1S/C16H35NO2Si2/c1-20(2)15(9-4-6-12-18-15)16(10-5-7-13-19-16)21(3)14-8-11-17/h20-21H,4-14,17H2,1-3H3. The summed E-state index contributed by atoms with van der Waals surface area (Å²) in [6.07, 6.45) is 8.77. The number of nitrogens with two attached hydrogens (primary N) is 1. The Morgan fingerprint density at radius 3 is 1.90 bits per heavy atom. The lowest BCUT2D eigenvalue weighted by atomic mass is 9.96. The summed E-state index contributed by atoms with van der Waals surface area (Å²) in [7, 11) is -1.99. The summed E-state index contributed by atoms with van der Waals surface area (Å²) >= 11 is 0. The maximum Gasteiger partial charge on any atom is 0.0800 e. The maximum absolute atomic E-state index is 6.66. The van der Waals surface area contributed by atoms with Crippen molar-refractivity contribution in [2.24, 2.45) is 5.73 Å². The summed E-state index contributed by atoms with van der Waals surface area (Å²) in [5, 5.41) is 0.202. The third kappa shape index (κ3) is 3.32. The zero-order valence-electron chi connectivity index (χ0n) is 14.3. The smallest absolute Gasteiger partial charge is 0.0800 e. The molecule has 0 spiro atoms. The molecule has 0 bridgehead atoms. The van der Waals surface area contributed by atoms with Crippen LogP contribution in [-0.2, 0) is 9.47 Å². The molecule has 3 nitrogen and oxygen atoms in total. The van der Waals surface area contributed by atoms with Gasteiger partial charge in [0.1, 0.15) is 0 Å². The normalized spacial score (nSPS) is 35.9.